The third-order valence-corrected chi connectivity index (χ3v) is 3.48. The van der Waals surface area contributed by atoms with Gasteiger partial charge in [-0.05, 0) is 24.3 Å². The molecule has 1 rings (SSSR count). The van der Waals surface area contributed by atoms with Crippen molar-refractivity contribution in [3.8, 4) is 0 Å². The lowest BCUT2D eigenvalue weighted by Crippen LogP contribution is -2.46. The van der Waals surface area contributed by atoms with Crippen molar-refractivity contribution < 1.29 is 4.79 Å². The first-order valence-corrected chi connectivity index (χ1v) is 6.51. The molecule has 0 spiro atoms. The quantitative estimate of drug-likeness (QED) is 0.898. The monoisotopic (exact) mass is 276 g/mol. The Hall–Kier alpha value is -0.580. The van der Waals surface area contributed by atoms with E-state index in [1.54, 1.807) is 11.3 Å². The van der Waals surface area contributed by atoms with E-state index in [1.165, 1.54) is 4.88 Å². The third kappa shape index (κ3) is 4.66. The lowest BCUT2D eigenvalue weighted by molar-refractivity contribution is -0.133. The summed E-state index contributed by atoms with van der Waals surface area (Å²) < 4.78 is 0. The van der Waals surface area contributed by atoms with Crippen LogP contribution in [-0.4, -0.2) is 23.4 Å². The highest BCUT2D eigenvalue weighted by molar-refractivity contribution is 7.09. The van der Waals surface area contributed by atoms with Crippen LogP contribution in [0.4, 0.5) is 0 Å². The number of nitrogens with two attached hydrogens (primary N) is 1. The number of nitrogens with zero attached hydrogens (tertiary/aromatic N) is 1. The smallest absolute Gasteiger partial charge is 0.240 e. The van der Waals surface area contributed by atoms with Gasteiger partial charge < -0.3 is 10.6 Å². The average Bonchev–Trinajstić information content (AvgIpc) is 2.76. The number of likely N-dealkylation sites (N-methyl/N-ethyl adjacent to an activating group) is 1. The van der Waals surface area contributed by atoms with E-state index in [0.717, 1.165) is 0 Å². The minimum Gasteiger partial charge on any atom is -0.336 e. The molecule has 0 unspecified atom stereocenters. The molecule has 1 aromatic heterocycles. The fourth-order valence-corrected chi connectivity index (χ4v) is 2.15. The second kappa shape index (κ2) is 7.69. The average molecular weight is 277 g/mol. The van der Waals surface area contributed by atoms with Crippen molar-refractivity contribution in [2.45, 2.75) is 33.4 Å². The van der Waals surface area contributed by atoms with Crippen molar-refractivity contribution in [1.29, 1.82) is 0 Å². The van der Waals surface area contributed by atoms with Crippen molar-refractivity contribution in [1.82, 2.24) is 4.90 Å². The third-order valence-electron chi connectivity index (χ3n) is 2.62. The van der Waals surface area contributed by atoms with Gasteiger partial charge in [-0.15, -0.1) is 23.7 Å². The second-order valence-electron chi connectivity index (χ2n) is 4.20. The van der Waals surface area contributed by atoms with Gasteiger partial charge in [-0.25, -0.2) is 0 Å². The van der Waals surface area contributed by atoms with E-state index in [0.29, 0.717) is 13.1 Å². The first kappa shape index (κ1) is 16.4. The van der Waals surface area contributed by atoms with Crippen molar-refractivity contribution in [2.75, 3.05) is 6.54 Å². The van der Waals surface area contributed by atoms with Crippen LogP contribution >= 0.6 is 23.7 Å². The summed E-state index contributed by atoms with van der Waals surface area (Å²) in [6, 6.07) is 3.65. The highest BCUT2D eigenvalue weighted by atomic mass is 35.5. The summed E-state index contributed by atoms with van der Waals surface area (Å²) in [4.78, 5) is 15.1. The molecule has 1 atom stereocenters. The standard InChI is InChI=1S/C12H20N2OS.ClH/c1-4-14(8-10-6-5-7-16-10)12(15)11(13)9(2)3;/h5-7,9,11H,4,8,13H2,1-3H3;1H/t11-;/m1./s1. The maximum Gasteiger partial charge on any atom is 0.240 e. The molecule has 0 aliphatic rings. The molecule has 2 N–H and O–H groups in total. The van der Waals surface area contributed by atoms with Crippen LogP contribution < -0.4 is 5.73 Å². The van der Waals surface area contributed by atoms with Crippen molar-refractivity contribution in [3.63, 3.8) is 0 Å². The first-order valence-electron chi connectivity index (χ1n) is 5.63. The van der Waals surface area contributed by atoms with E-state index in [2.05, 4.69) is 0 Å². The molecule has 98 valence electrons. The molecule has 0 bridgehead atoms. The number of rotatable bonds is 5. The molecule has 1 amide bonds. The number of hydrogen-bond donors (Lipinski definition) is 1. The van der Waals surface area contributed by atoms with Crippen LogP contribution in [0.15, 0.2) is 17.5 Å². The van der Waals surface area contributed by atoms with Gasteiger partial charge in [-0.2, -0.15) is 0 Å². The number of hydrogen-bond acceptors (Lipinski definition) is 3. The van der Waals surface area contributed by atoms with Gasteiger partial charge in [0.2, 0.25) is 5.91 Å². The maximum atomic E-state index is 12.0. The van der Waals surface area contributed by atoms with Gasteiger partial charge in [0.25, 0.3) is 0 Å². The Labute approximate surface area is 113 Å². The summed E-state index contributed by atoms with van der Waals surface area (Å²) in [6.07, 6.45) is 0. The lowest BCUT2D eigenvalue weighted by atomic mass is 10.0. The predicted octanol–water partition coefficient (Wildman–Crippen LogP) is 2.50. The van der Waals surface area contributed by atoms with Gasteiger partial charge in [-0.1, -0.05) is 19.9 Å². The Morgan fingerprint density at radius 1 is 1.53 bits per heavy atom. The molecule has 0 aliphatic heterocycles. The summed E-state index contributed by atoms with van der Waals surface area (Å²) >= 11 is 1.67. The Morgan fingerprint density at radius 3 is 2.59 bits per heavy atom. The van der Waals surface area contributed by atoms with Crippen LogP contribution in [0.3, 0.4) is 0 Å². The molecule has 1 heterocycles. The molecule has 0 aromatic carbocycles. The molecule has 0 aliphatic carbocycles. The van der Waals surface area contributed by atoms with Gasteiger partial charge in [0.1, 0.15) is 0 Å². The topological polar surface area (TPSA) is 46.3 Å². The molecule has 17 heavy (non-hydrogen) atoms. The minimum atomic E-state index is -0.389. The van der Waals surface area contributed by atoms with E-state index in [-0.39, 0.29) is 30.3 Å². The Morgan fingerprint density at radius 2 is 2.18 bits per heavy atom. The lowest BCUT2D eigenvalue weighted by Gasteiger charge is -2.25. The van der Waals surface area contributed by atoms with Crippen LogP contribution in [-0.2, 0) is 11.3 Å². The normalized spacial score (nSPS) is 12.1. The number of amides is 1. The zero-order valence-electron chi connectivity index (χ0n) is 10.6. The molecule has 3 nitrogen and oxygen atoms in total. The minimum absolute atomic E-state index is 0. The first-order chi connectivity index (χ1) is 7.56. The summed E-state index contributed by atoms with van der Waals surface area (Å²) in [6.45, 7) is 7.31. The van der Waals surface area contributed by atoms with Gasteiger partial charge in [0.15, 0.2) is 0 Å². The SMILES string of the molecule is CCN(Cc1cccs1)C(=O)[C@H](N)C(C)C.Cl. The van der Waals surface area contributed by atoms with Gasteiger partial charge in [-0.3, -0.25) is 4.79 Å². The zero-order valence-corrected chi connectivity index (χ0v) is 12.2. The van der Waals surface area contributed by atoms with E-state index < -0.39 is 0 Å². The summed E-state index contributed by atoms with van der Waals surface area (Å²) in [5.41, 5.74) is 5.88. The molecule has 1 aromatic rings. The summed E-state index contributed by atoms with van der Waals surface area (Å²) in [5, 5.41) is 2.02. The number of carbonyl (C=O) groups excluding carboxylic acids is 1. The number of halogens is 1. The highest BCUT2D eigenvalue weighted by Gasteiger charge is 2.22. The predicted molar refractivity (Wildman–Crippen MR) is 75.5 cm³/mol. The van der Waals surface area contributed by atoms with Crippen LogP contribution in [0.25, 0.3) is 0 Å². The van der Waals surface area contributed by atoms with Crippen LogP contribution in [0.1, 0.15) is 25.6 Å². The molecular weight excluding hydrogens is 256 g/mol. The molecule has 5 heteroatoms. The molecule has 0 radical (unpaired) electrons. The van der Waals surface area contributed by atoms with Crippen molar-refractivity contribution in [2.24, 2.45) is 11.7 Å². The Balaban J connectivity index is 0.00000256. The van der Waals surface area contributed by atoms with E-state index >= 15 is 0 Å². The number of carbonyl (C=O) groups is 1. The fraction of sp³-hybridized carbons (Fsp3) is 0.583. The van der Waals surface area contributed by atoms with Crippen LogP contribution in [0, 0.1) is 5.92 Å². The maximum absolute atomic E-state index is 12.0. The van der Waals surface area contributed by atoms with E-state index in [4.69, 9.17) is 5.73 Å². The van der Waals surface area contributed by atoms with Gasteiger partial charge in [0.05, 0.1) is 12.6 Å². The van der Waals surface area contributed by atoms with Crippen LogP contribution in [0.2, 0.25) is 0 Å². The second-order valence-corrected chi connectivity index (χ2v) is 5.23. The highest BCUT2D eigenvalue weighted by Crippen LogP contribution is 2.13. The van der Waals surface area contributed by atoms with Gasteiger partial charge >= 0.3 is 0 Å². The summed E-state index contributed by atoms with van der Waals surface area (Å²) in [5.74, 6) is 0.232. The van der Waals surface area contributed by atoms with E-state index in [9.17, 15) is 4.79 Å². The Bertz CT molecular complexity index is 327. The molecule has 0 fully saturated rings. The summed E-state index contributed by atoms with van der Waals surface area (Å²) in [7, 11) is 0. The van der Waals surface area contributed by atoms with Crippen molar-refractivity contribution >= 4 is 29.7 Å². The Kier molecular flexibility index (Phi) is 7.43. The molecule has 0 saturated heterocycles. The fourth-order valence-electron chi connectivity index (χ4n) is 1.43. The van der Waals surface area contributed by atoms with Crippen LogP contribution in [0.5, 0.6) is 0 Å². The number of thiophene rings is 1. The largest absolute Gasteiger partial charge is 0.336 e. The zero-order chi connectivity index (χ0) is 12.1. The van der Waals surface area contributed by atoms with Gasteiger partial charge in [0, 0.05) is 11.4 Å². The molecule has 0 saturated carbocycles. The van der Waals surface area contributed by atoms with E-state index in [1.807, 2.05) is 43.2 Å². The molecular formula is C12H21ClN2OS. The van der Waals surface area contributed by atoms with Crippen molar-refractivity contribution in [3.05, 3.63) is 22.4 Å².